The van der Waals surface area contributed by atoms with Crippen molar-refractivity contribution in [3.8, 4) is 0 Å². The molecule has 3 aromatic rings. The van der Waals surface area contributed by atoms with Gasteiger partial charge in [-0.2, -0.15) is 10.1 Å². The summed E-state index contributed by atoms with van der Waals surface area (Å²) in [6.07, 6.45) is 5.13. The summed E-state index contributed by atoms with van der Waals surface area (Å²) in [4.78, 5) is 25.7. The van der Waals surface area contributed by atoms with Gasteiger partial charge in [-0.05, 0) is 82.3 Å². The molecule has 9 nitrogen and oxygen atoms in total. The Morgan fingerprint density at radius 2 is 1.92 bits per heavy atom. The number of halogens is 2. The maximum Gasteiger partial charge on any atom is 0.239 e. The number of hydrogen-bond donors (Lipinski definition) is 3. The van der Waals surface area contributed by atoms with Crippen molar-refractivity contribution in [1.82, 2.24) is 30.0 Å². The number of nitrogens with one attached hydrogen (secondary N) is 3. The zero-order valence-electron chi connectivity index (χ0n) is 21.3. The molecule has 196 valence electrons. The monoisotopic (exact) mass is 526 g/mol. The molecule has 0 radical (unpaired) electrons. The molecule has 0 bridgehead atoms. The topological polar surface area (TPSA) is 102 Å². The van der Waals surface area contributed by atoms with E-state index >= 15 is 4.39 Å². The summed E-state index contributed by atoms with van der Waals surface area (Å²) in [7, 11) is 2.02. The lowest BCUT2D eigenvalue weighted by Crippen LogP contribution is -2.47. The lowest BCUT2D eigenvalue weighted by molar-refractivity contribution is -0.136. The maximum absolute atomic E-state index is 15.2. The van der Waals surface area contributed by atoms with Crippen molar-refractivity contribution < 1.29 is 9.18 Å². The van der Waals surface area contributed by atoms with Gasteiger partial charge in [-0.1, -0.05) is 11.6 Å². The number of carbonyl (C=O) groups excluding carboxylic acids is 1. The zero-order valence-corrected chi connectivity index (χ0v) is 22.1. The number of aryl methyl sites for hydroxylation is 2. The van der Waals surface area contributed by atoms with Gasteiger partial charge >= 0.3 is 0 Å². The first-order valence-electron chi connectivity index (χ1n) is 12.7. The molecule has 3 N–H and O–H groups in total. The largest absolute Gasteiger partial charge is 0.341 e. The fourth-order valence-electron chi connectivity index (χ4n) is 5.32. The number of carbonyl (C=O) groups is 1. The zero-order chi connectivity index (χ0) is 26.1. The predicted molar refractivity (Wildman–Crippen MR) is 142 cm³/mol. The molecule has 0 saturated carbocycles. The number of rotatable bonds is 6. The average Bonchev–Trinajstić information content (AvgIpc) is 3.50. The van der Waals surface area contributed by atoms with Gasteiger partial charge < -0.3 is 15.5 Å². The Labute approximate surface area is 220 Å². The van der Waals surface area contributed by atoms with Crippen LogP contribution in [-0.2, 0) is 4.79 Å². The summed E-state index contributed by atoms with van der Waals surface area (Å²) in [5.41, 5.74) is 3.16. The van der Waals surface area contributed by atoms with Crippen LogP contribution in [0.4, 0.5) is 27.7 Å². The Kier molecular flexibility index (Phi) is 7.30. The number of piperidine rings is 1. The van der Waals surface area contributed by atoms with Crippen LogP contribution in [-0.4, -0.2) is 68.6 Å². The smallest absolute Gasteiger partial charge is 0.239 e. The minimum Gasteiger partial charge on any atom is -0.341 e. The number of H-pyrrole nitrogens is 1. The second kappa shape index (κ2) is 10.6. The van der Waals surface area contributed by atoms with Gasteiger partial charge in [0.15, 0.2) is 11.6 Å². The minimum atomic E-state index is -0.373. The molecule has 2 aliphatic rings. The Bertz CT molecular complexity index is 1290. The minimum absolute atomic E-state index is 0.00953. The van der Waals surface area contributed by atoms with Crippen molar-refractivity contribution in [1.29, 1.82) is 0 Å². The molecule has 1 aromatic carbocycles. The van der Waals surface area contributed by atoms with Crippen LogP contribution in [0.3, 0.4) is 0 Å². The number of aromatic nitrogens is 4. The quantitative estimate of drug-likeness (QED) is 0.420. The summed E-state index contributed by atoms with van der Waals surface area (Å²) in [6.45, 7) is 6.27. The molecule has 4 heterocycles. The third kappa shape index (κ3) is 5.55. The van der Waals surface area contributed by atoms with Crippen LogP contribution >= 0.6 is 11.6 Å². The highest BCUT2D eigenvalue weighted by atomic mass is 35.5. The average molecular weight is 527 g/mol. The van der Waals surface area contributed by atoms with Gasteiger partial charge in [0.05, 0.1) is 17.9 Å². The number of likely N-dealkylation sites (N-methyl/N-ethyl adjacent to an activating group) is 1. The first kappa shape index (κ1) is 25.4. The van der Waals surface area contributed by atoms with Crippen molar-refractivity contribution in [2.75, 3.05) is 37.3 Å². The van der Waals surface area contributed by atoms with Crippen LogP contribution in [0.2, 0.25) is 5.02 Å². The van der Waals surface area contributed by atoms with Crippen LogP contribution in [0, 0.1) is 19.7 Å². The van der Waals surface area contributed by atoms with Crippen LogP contribution in [0.25, 0.3) is 0 Å². The number of amides is 1. The van der Waals surface area contributed by atoms with E-state index in [0.29, 0.717) is 35.4 Å². The summed E-state index contributed by atoms with van der Waals surface area (Å²) in [5.74, 6) is 1.23. The fraction of sp³-hybridized carbons (Fsp3) is 0.462. The number of anilines is 4. The number of benzene rings is 1. The van der Waals surface area contributed by atoms with Gasteiger partial charge in [0.1, 0.15) is 10.8 Å². The normalized spacial score (nSPS) is 18.8. The van der Waals surface area contributed by atoms with Crippen LogP contribution in [0.5, 0.6) is 0 Å². The van der Waals surface area contributed by atoms with E-state index in [0.717, 1.165) is 49.0 Å². The van der Waals surface area contributed by atoms with E-state index < -0.39 is 0 Å². The molecule has 0 spiro atoms. The molecule has 11 heteroatoms. The molecule has 5 rings (SSSR count). The van der Waals surface area contributed by atoms with E-state index in [1.165, 1.54) is 6.20 Å². The Balaban J connectivity index is 1.25. The van der Waals surface area contributed by atoms with E-state index in [-0.39, 0.29) is 29.6 Å². The van der Waals surface area contributed by atoms with Gasteiger partial charge in [-0.3, -0.25) is 14.8 Å². The van der Waals surface area contributed by atoms with Gasteiger partial charge in [0.2, 0.25) is 11.9 Å². The first-order chi connectivity index (χ1) is 17.8. The van der Waals surface area contributed by atoms with Gasteiger partial charge in [0, 0.05) is 24.8 Å². The molecular weight excluding hydrogens is 495 g/mol. The fourth-order valence-corrected chi connectivity index (χ4v) is 5.45. The number of aromatic amines is 1. The summed E-state index contributed by atoms with van der Waals surface area (Å²) in [6, 6.07) is 5.22. The molecule has 0 aliphatic carbocycles. The maximum atomic E-state index is 15.2. The summed E-state index contributed by atoms with van der Waals surface area (Å²) >= 11 is 6.24. The van der Waals surface area contributed by atoms with Crippen LogP contribution < -0.4 is 10.6 Å². The van der Waals surface area contributed by atoms with Crippen LogP contribution in [0.15, 0.2) is 24.4 Å². The van der Waals surface area contributed by atoms with Gasteiger partial charge in [-0.15, -0.1) is 0 Å². The van der Waals surface area contributed by atoms with Crippen molar-refractivity contribution >= 4 is 40.8 Å². The number of hydrogen-bond acceptors (Lipinski definition) is 7. The standard InChI is InChI=1S/C26H32ClFN8O/c1-15-11-21(30-26-29-14-19(27)24(32-26)31-23-12-16(2)33-34-23)20(28)13-18(15)17-6-9-36(10-7-17)25(37)22-5-4-8-35(22)3/h11-14,17,22H,4-10H2,1-3H3,(H3,29,30,31,32,33,34). The van der Waals surface area contributed by atoms with Crippen molar-refractivity contribution in [3.63, 3.8) is 0 Å². The summed E-state index contributed by atoms with van der Waals surface area (Å²) in [5, 5.41) is 13.3. The number of nitrogens with zero attached hydrogens (tertiary/aromatic N) is 5. The molecule has 2 fully saturated rings. The molecule has 2 aromatic heterocycles. The van der Waals surface area contributed by atoms with Crippen molar-refractivity contribution in [2.45, 2.75) is 51.5 Å². The summed E-state index contributed by atoms with van der Waals surface area (Å²) < 4.78 is 15.2. The molecule has 1 amide bonds. The lowest BCUT2D eigenvalue weighted by atomic mass is 9.86. The van der Waals surface area contributed by atoms with E-state index in [4.69, 9.17) is 11.6 Å². The Morgan fingerprint density at radius 1 is 1.14 bits per heavy atom. The Hall–Kier alpha value is -3.24. The molecule has 1 unspecified atom stereocenters. The van der Waals surface area contributed by atoms with Gasteiger partial charge in [0.25, 0.3) is 0 Å². The van der Waals surface area contributed by atoms with Gasteiger partial charge in [-0.25, -0.2) is 9.37 Å². The van der Waals surface area contributed by atoms with E-state index in [1.807, 2.05) is 31.9 Å². The van der Waals surface area contributed by atoms with E-state index in [9.17, 15) is 4.79 Å². The second-order valence-electron chi connectivity index (χ2n) is 10.0. The highest BCUT2D eigenvalue weighted by molar-refractivity contribution is 6.32. The molecular formula is C26H32ClFN8O. The van der Waals surface area contributed by atoms with E-state index in [1.54, 1.807) is 12.1 Å². The Morgan fingerprint density at radius 3 is 2.59 bits per heavy atom. The third-order valence-electron chi connectivity index (χ3n) is 7.35. The van der Waals surface area contributed by atoms with E-state index in [2.05, 4.69) is 35.7 Å². The predicted octanol–water partition coefficient (Wildman–Crippen LogP) is 4.90. The van der Waals surface area contributed by atoms with Crippen molar-refractivity contribution in [3.05, 3.63) is 52.1 Å². The first-order valence-corrected chi connectivity index (χ1v) is 13.0. The number of likely N-dealkylation sites (tertiary alicyclic amines) is 2. The SMILES string of the molecule is Cc1cc(Nc2nc(Nc3cc(C)c(C4CCN(C(=O)C5CCCN5C)CC4)cc3F)ncc2Cl)n[nH]1. The molecule has 2 aliphatic heterocycles. The van der Waals surface area contributed by atoms with Crippen LogP contribution in [0.1, 0.15) is 48.4 Å². The molecule has 37 heavy (non-hydrogen) atoms. The highest BCUT2D eigenvalue weighted by Gasteiger charge is 2.33. The molecule has 2 saturated heterocycles. The highest BCUT2D eigenvalue weighted by Crippen LogP contribution is 2.34. The third-order valence-corrected chi connectivity index (χ3v) is 7.63. The molecule has 1 atom stereocenters. The van der Waals surface area contributed by atoms with Crippen molar-refractivity contribution in [2.24, 2.45) is 0 Å². The second-order valence-corrected chi connectivity index (χ2v) is 10.4. The lowest BCUT2D eigenvalue weighted by Gasteiger charge is -2.35.